The first kappa shape index (κ1) is 16.3. The summed E-state index contributed by atoms with van der Waals surface area (Å²) in [4.78, 5) is 16.2. The van der Waals surface area contributed by atoms with E-state index in [0.29, 0.717) is 34.7 Å². The fourth-order valence-corrected chi connectivity index (χ4v) is 2.55. The van der Waals surface area contributed by atoms with Crippen LogP contribution in [0.1, 0.15) is 22.8 Å². The lowest BCUT2D eigenvalue weighted by Crippen LogP contribution is -2.23. The Morgan fingerprint density at radius 2 is 2.05 bits per heavy atom. The molecule has 0 saturated heterocycles. The number of aromatic nitrogens is 1. The summed E-state index contributed by atoms with van der Waals surface area (Å²) in [6.45, 7) is 2.81. The van der Waals surface area contributed by atoms with Gasteiger partial charge in [-0.05, 0) is 52.7 Å². The van der Waals surface area contributed by atoms with Crippen LogP contribution in [0.25, 0.3) is 0 Å². The van der Waals surface area contributed by atoms with E-state index in [0.717, 1.165) is 5.56 Å². The Bertz CT molecular complexity index is 647. The summed E-state index contributed by atoms with van der Waals surface area (Å²) in [6.07, 6.45) is 3.39. The van der Waals surface area contributed by atoms with E-state index in [4.69, 9.17) is 9.47 Å². The van der Waals surface area contributed by atoms with Crippen molar-refractivity contribution in [1.82, 2.24) is 10.3 Å². The first-order valence-electron chi connectivity index (χ1n) is 6.83. The molecule has 0 saturated carbocycles. The third kappa shape index (κ3) is 3.98. The molecular weight excluding hydrogens is 348 g/mol. The van der Waals surface area contributed by atoms with Gasteiger partial charge in [0.15, 0.2) is 11.5 Å². The monoisotopic (exact) mass is 364 g/mol. The largest absolute Gasteiger partial charge is 0.492 e. The summed E-state index contributed by atoms with van der Waals surface area (Å²) >= 11 is 3.40. The zero-order valence-electron chi connectivity index (χ0n) is 12.4. The molecule has 2 aromatic rings. The Morgan fingerprint density at radius 1 is 1.32 bits per heavy atom. The number of rotatable bonds is 6. The number of hydrogen-bond acceptors (Lipinski definition) is 4. The normalized spacial score (nSPS) is 10.1. The smallest absolute Gasteiger partial charge is 0.251 e. The van der Waals surface area contributed by atoms with Gasteiger partial charge < -0.3 is 14.8 Å². The Balaban J connectivity index is 2.15. The Kier molecular flexibility index (Phi) is 5.77. The van der Waals surface area contributed by atoms with Gasteiger partial charge in [0.1, 0.15) is 0 Å². The standard InChI is InChI=1S/C16H17BrN2O3/c1-3-22-14-9-12(8-13(17)15(14)21-2)16(20)19-10-11-4-6-18-7-5-11/h4-9H,3,10H2,1-2H3,(H,19,20). The molecule has 0 aliphatic carbocycles. The molecule has 0 aliphatic heterocycles. The lowest BCUT2D eigenvalue weighted by Gasteiger charge is -2.13. The molecule has 0 fully saturated rings. The highest BCUT2D eigenvalue weighted by molar-refractivity contribution is 9.10. The summed E-state index contributed by atoms with van der Waals surface area (Å²) in [5.74, 6) is 0.932. The predicted octanol–water partition coefficient (Wildman–Crippen LogP) is 3.18. The van der Waals surface area contributed by atoms with Gasteiger partial charge in [-0.1, -0.05) is 0 Å². The van der Waals surface area contributed by atoms with Crippen LogP contribution in [0.15, 0.2) is 41.1 Å². The van der Waals surface area contributed by atoms with Crippen molar-refractivity contribution < 1.29 is 14.3 Å². The van der Waals surface area contributed by atoms with Crippen LogP contribution in [0, 0.1) is 0 Å². The van der Waals surface area contributed by atoms with E-state index in [1.54, 1.807) is 31.6 Å². The molecule has 116 valence electrons. The molecule has 0 unspecified atom stereocenters. The highest BCUT2D eigenvalue weighted by Crippen LogP contribution is 2.36. The van der Waals surface area contributed by atoms with Gasteiger partial charge in [0.25, 0.3) is 5.91 Å². The number of carbonyl (C=O) groups excluding carboxylic acids is 1. The molecule has 0 bridgehead atoms. The lowest BCUT2D eigenvalue weighted by molar-refractivity contribution is 0.0950. The topological polar surface area (TPSA) is 60.5 Å². The minimum absolute atomic E-state index is 0.180. The van der Waals surface area contributed by atoms with E-state index >= 15 is 0 Å². The fourth-order valence-electron chi connectivity index (χ4n) is 1.95. The van der Waals surface area contributed by atoms with Crippen molar-refractivity contribution in [3.8, 4) is 11.5 Å². The van der Waals surface area contributed by atoms with Gasteiger partial charge in [0, 0.05) is 24.5 Å². The van der Waals surface area contributed by atoms with Crippen LogP contribution in [0.4, 0.5) is 0 Å². The number of carbonyl (C=O) groups is 1. The molecule has 0 radical (unpaired) electrons. The molecule has 1 aromatic carbocycles. The van der Waals surface area contributed by atoms with Crippen molar-refractivity contribution in [1.29, 1.82) is 0 Å². The van der Waals surface area contributed by atoms with Crippen molar-refractivity contribution in [2.45, 2.75) is 13.5 Å². The van der Waals surface area contributed by atoms with E-state index < -0.39 is 0 Å². The van der Waals surface area contributed by atoms with E-state index in [1.807, 2.05) is 19.1 Å². The molecule has 6 heteroatoms. The molecule has 0 atom stereocenters. The molecule has 0 spiro atoms. The van der Waals surface area contributed by atoms with Gasteiger partial charge in [0.05, 0.1) is 18.2 Å². The minimum atomic E-state index is -0.180. The van der Waals surface area contributed by atoms with Crippen molar-refractivity contribution >= 4 is 21.8 Å². The molecule has 1 amide bonds. The second kappa shape index (κ2) is 7.79. The van der Waals surface area contributed by atoms with Gasteiger partial charge in [-0.3, -0.25) is 9.78 Å². The Hall–Kier alpha value is -2.08. The molecule has 1 aromatic heterocycles. The maximum absolute atomic E-state index is 12.3. The first-order chi connectivity index (χ1) is 10.7. The molecule has 1 N–H and O–H groups in total. The zero-order valence-corrected chi connectivity index (χ0v) is 14.0. The molecule has 2 rings (SSSR count). The lowest BCUT2D eigenvalue weighted by atomic mass is 10.1. The van der Waals surface area contributed by atoms with Gasteiger partial charge in [-0.25, -0.2) is 0 Å². The number of halogens is 1. The van der Waals surface area contributed by atoms with Crippen LogP contribution in [-0.4, -0.2) is 24.6 Å². The van der Waals surface area contributed by atoms with Crippen LogP contribution < -0.4 is 14.8 Å². The van der Waals surface area contributed by atoms with Crippen LogP contribution in [-0.2, 0) is 6.54 Å². The van der Waals surface area contributed by atoms with Crippen molar-refractivity contribution in [2.75, 3.05) is 13.7 Å². The quantitative estimate of drug-likeness (QED) is 0.854. The number of amides is 1. The first-order valence-corrected chi connectivity index (χ1v) is 7.62. The van der Waals surface area contributed by atoms with Gasteiger partial charge in [0.2, 0.25) is 0 Å². The Morgan fingerprint density at radius 3 is 2.68 bits per heavy atom. The SMILES string of the molecule is CCOc1cc(C(=O)NCc2ccncc2)cc(Br)c1OC. The number of pyridine rings is 1. The summed E-state index contributed by atoms with van der Waals surface area (Å²) in [7, 11) is 1.56. The van der Waals surface area contributed by atoms with E-state index in [9.17, 15) is 4.79 Å². The van der Waals surface area contributed by atoms with E-state index in [2.05, 4.69) is 26.2 Å². The van der Waals surface area contributed by atoms with Gasteiger partial charge in [-0.15, -0.1) is 0 Å². The summed E-state index contributed by atoms with van der Waals surface area (Å²) < 4.78 is 11.5. The second-order valence-electron chi connectivity index (χ2n) is 4.46. The third-order valence-electron chi connectivity index (χ3n) is 2.98. The Labute approximate surface area is 137 Å². The predicted molar refractivity (Wildman–Crippen MR) is 87.3 cm³/mol. The van der Waals surface area contributed by atoms with Crippen molar-refractivity contribution in [3.05, 3.63) is 52.3 Å². The fraction of sp³-hybridized carbons (Fsp3) is 0.250. The molecule has 1 heterocycles. The maximum atomic E-state index is 12.3. The van der Waals surface area contributed by atoms with E-state index in [1.165, 1.54) is 0 Å². The number of methoxy groups -OCH3 is 1. The van der Waals surface area contributed by atoms with Crippen molar-refractivity contribution in [2.24, 2.45) is 0 Å². The zero-order chi connectivity index (χ0) is 15.9. The number of benzene rings is 1. The molecule has 5 nitrogen and oxygen atoms in total. The summed E-state index contributed by atoms with van der Waals surface area (Å²) in [5, 5.41) is 2.87. The van der Waals surface area contributed by atoms with Gasteiger partial charge in [-0.2, -0.15) is 0 Å². The van der Waals surface area contributed by atoms with E-state index in [-0.39, 0.29) is 5.91 Å². The number of hydrogen-bond donors (Lipinski definition) is 1. The minimum Gasteiger partial charge on any atom is -0.492 e. The molecule has 0 aliphatic rings. The van der Waals surface area contributed by atoms with Crippen LogP contribution in [0.5, 0.6) is 11.5 Å². The highest BCUT2D eigenvalue weighted by Gasteiger charge is 2.15. The van der Waals surface area contributed by atoms with Crippen molar-refractivity contribution in [3.63, 3.8) is 0 Å². The molecular formula is C16H17BrN2O3. The second-order valence-corrected chi connectivity index (χ2v) is 5.31. The van der Waals surface area contributed by atoms with Crippen LogP contribution in [0.3, 0.4) is 0 Å². The summed E-state index contributed by atoms with van der Waals surface area (Å²) in [5.41, 5.74) is 1.49. The maximum Gasteiger partial charge on any atom is 0.251 e. The average Bonchev–Trinajstić information content (AvgIpc) is 2.53. The number of ether oxygens (including phenoxy) is 2. The highest BCUT2D eigenvalue weighted by atomic mass is 79.9. The van der Waals surface area contributed by atoms with Gasteiger partial charge >= 0.3 is 0 Å². The summed E-state index contributed by atoms with van der Waals surface area (Å²) in [6, 6.07) is 7.10. The third-order valence-corrected chi connectivity index (χ3v) is 3.57. The molecule has 22 heavy (non-hydrogen) atoms. The van der Waals surface area contributed by atoms with Crippen LogP contribution >= 0.6 is 15.9 Å². The number of nitrogens with zero attached hydrogens (tertiary/aromatic N) is 1. The number of nitrogens with one attached hydrogen (secondary N) is 1. The average molecular weight is 365 g/mol. The van der Waals surface area contributed by atoms with Crippen LogP contribution in [0.2, 0.25) is 0 Å².